The summed E-state index contributed by atoms with van der Waals surface area (Å²) in [6.07, 6.45) is 0.466. The quantitative estimate of drug-likeness (QED) is 0.868. The topological polar surface area (TPSA) is 69.4 Å². The van der Waals surface area contributed by atoms with Crippen molar-refractivity contribution in [2.45, 2.75) is 30.4 Å². The highest BCUT2D eigenvalue weighted by molar-refractivity contribution is 7.92. The molecule has 0 aliphatic carbocycles. The maximum absolute atomic E-state index is 12.2. The Morgan fingerprint density at radius 1 is 1.41 bits per heavy atom. The normalized spacial score (nSPS) is 13.4. The van der Waals surface area contributed by atoms with E-state index in [1.807, 2.05) is 6.92 Å². The van der Waals surface area contributed by atoms with Gasteiger partial charge in [-0.1, -0.05) is 0 Å². The highest BCUT2D eigenvalue weighted by atomic mass is 32.2. The third-order valence-electron chi connectivity index (χ3n) is 2.80. The third-order valence-corrected chi connectivity index (χ3v) is 5.00. The second-order valence-electron chi connectivity index (χ2n) is 4.06. The van der Waals surface area contributed by atoms with Gasteiger partial charge in [0.2, 0.25) is 0 Å². The van der Waals surface area contributed by atoms with Crippen LogP contribution in [0.1, 0.15) is 18.9 Å². The molecule has 4 nitrogen and oxygen atoms in total. The van der Waals surface area contributed by atoms with Gasteiger partial charge in [0.25, 0.3) is 0 Å². The van der Waals surface area contributed by atoms with Crippen LogP contribution in [0.2, 0.25) is 0 Å². The second-order valence-corrected chi connectivity index (χ2v) is 6.43. The summed E-state index contributed by atoms with van der Waals surface area (Å²) < 4.78 is 29.5. The van der Waals surface area contributed by atoms with Crippen molar-refractivity contribution in [3.63, 3.8) is 0 Å². The summed E-state index contributed by atoms with van der Waals surface area (Å²) in [6, 6.07) is 4.90. The SMILES string of the molecule is COc1ccc(S(=O)(=O)C(C)CCN)cc1C. The molecule has 2 N–H and O–H groups in total. The minimum Gasteiger partial charge on any atom is -0.496 e. The fourth-order valence-electron chi connectivity index (χ4n) is 1.65. The van der Waals surface area contributed by atoms with E-state index in [1.54, 1.807) is 32.2 Å². The van der Waals surface area contributed by atoms with Crippen molar-refractivity contribution < 1.29 is 13.2 Å². The predicted molar refractivity (Wildman–Crippen MR) is 68.1 cm³/mol. The molecule has 96 valence electrons. The molecule has 1 unspecified atom stereocenters. The molecule has 1 atom stereocenters. The molecule has 0 heterocycles. The van der Waals surface area contributed by atoms with Gasteiger partial charge in [-0.25, -0.2) is 8.42 Å². The lowest BCUT2D eigenvalue weighted by atomic mass is 10.2. The monoisotopic (exact) mass is 257 g/mol. The summed E-state index contributed by atoms with van der Waals surface area (Å²) >= 11 is 0. The number of ether oxygens (including phenoxy) is 1. The van der Waals surface area contributed by atoms with Crippen molar-refractivity contribution in [1.29, 1.82) is 0 Å². The molecule has 0 aliphatic rings. The summed E-state index contributed by atoms with van der Waals surface area (Å²) in [5, 5.41) is -0.458. The number of methoxy groups -OCH3 is 1. The molecule has 0 radical (unpaired) electrons. The van der Waals surface area contributed by atoms with E-state index in [1.165, 1.54) is 0 Å². The average Bonchev–Trinajstić information content (AvgIpc) is 2.29. The standard InChI is InChI=1S/C12H19NO3S/c1-9-8-11(4-5-12(9)16-3)17(14,15)10(2)6-7-13/h4-5,8,10H,6-7,13H2,1-3H3. The highest BCUT2D eigenvalue weighted by Gasteiger charge is 2.23. The molecule has 1 rings (SSSR count). The number of benzene rings is 1. The summed E-state index contributed by atoms with van der Waals surface area (Å²) in [6.45, 7) is 3.88. The van der Waals surface area contributed by atoms with Gasteiger partial charge >= 0.3 is 0 Å². The van der Waals surface area contributed by atoms with E-state index in [0.29, 0.717) is 23.6 Å². The molecule has 0 aliphatic heterocycles. The van der Waals surface area contributed by atoms with Crippen LogP contribution in [0.15, 0.2) is 23.1 Å². The second kappa shape index (κ2) is 5.51. The molecule has 0 saturated heterocycles. The molecule has 0 bridgehead atoms. The zero-order valence-electron chi connectivity index (χ0n) is 10.4. The number of hydrogen-bond donors (Lipinski definition) is 1. The molecule has 5 heteroatoms. The first-order valence-electron chi connectivity index (χ1n) is 5.52. The number of sulfone groups is 1. The Labute approximate surface area is 103 Å². The van der Waals surface area contributed by atoms with Gasteiger partial charge in [0.05, 0.1) is 17.3 Å². The summed E-state index contributed by atoms with van der Waals surface area (Å²) in [4.78, 5) is 0.330. The lowest BCUT2D eigenvalue weighted by Gasteiger charge is -2.13. The number of nitrogens with two attached hydrogens (primary N) is 1. The van der Waals surface area contributed by atoms with Crippen molar-refractivity contribution in [2.75, 3.05) is 13.7 Å². The van der Waals surface area contributed by atoms with Crippen LogP contribution in [-0.2, 0) is 9.84 Å². The molecular weight excluding hydrogens is 238 g/mol. The highest BCUT2D eigenvalue weighted by Crippen LogP contribution is 2.24. The van der Waals surface area contributed by atoms with Crippen LogP contribution < -0.4 is 10.5 Å². The Morgan fingerprint density at radius 2 is 2.06 bits per heavy atom. The van der Waals surface area contributed by atoms with Crippen LogP contribution in [0.5, 0.6) is 5.75 Å². The molecule has 0 aromatic heterocycles. The third kappa shape index (κ3) is 2.98. The van der Waals surface area contributed by atoms with E-state index in [0.717, 1.165) is 5.56 Å². The Kier molecular flexibility index (Phi) is 4.54. The van der Waals surface area contributed by atoms with Gasteiger partial charge in [-0.15, -0.1) is 0 Å². The van der Waals surface area contributed by atoms with Crippen LogP contribution in [0.4, 0.5) is 0 Å². The van der Waals surface area contributed by atoms with Crippen molar-refractivity contribution in [3.8, 4) is 5.75 Å². The smallest absolute Gasteiger partial charge is 0.181 e. The van der Waals surface area contributed by atoms with E-state index < -0.39 is 15.1 Å². The van der Waals surface area contributed by atoms with E-state index in [-0.39, 0.29) is 0 Å². The molecule has 17 heavy (non-hydrogen) atoms. The summed E-state index contributed by atoms with van der Waals surface area (Å²) in [7, 11) is -1.72. The maximum atomic E-state index is 12.2. The van der Waals surface area contributed by atoms with Gasteiger partial charge in [0.15, 0.2) is 9.84 Å². The van der Waals surface area contributed by atoms with Crippen LogP contribution in [0.25, 0.3) is 0 Å². The summed E-state index contributed by atoms with van der Waals surface area (Å²) in [5.74, 6) is 0.690. The maximum Gasteiger partial charge on any atom is 0.181 e. The Morgan fingerprint density at radius 3 is 2.53 bits per heavy atom. The van der Waals surface area contributed by atoms with Gasteiger partial charge in [0.1, 0.15) is 5.75 Å². The van der Waals surface area contributed by atoms with Crippen molar-refractivity contribution in [3.05, 3.63) is 23.8 Å². The van der Waals surface area contributed by atoms with Crippen molar-refractivity contribution in [1.82, 2.24) is 0 Å². The van der Waals surface area contributed by atoms with E-state index in [9.17, 15) is 8.42 Å². The van der Waals surface area contributed by atoms with Gasteiger partial charge in [-0.3, -0.25) is 0 Å². The first kappa shape index (κ1) is 14.0. The lowest BCUT2D eigenvalue weighted by molar-refractivity contribution is 0.411. The number of aryl methyl sites for hydroxylation is 1. The molecule has 0 saturated carbocycles. The van der Waals surface area contributed by atoms with Gasteiger partial charge < -0.3 is 10.5 Å². The average molecular weight is 257 g/mol. The van der Waals surface area contributed by atoms with Crippen LogP contribution >= 0.6 is 0 Å². The van der Waals surface area contributed by atoms with Crippen LogP contribution in [0, 0.1) is 6.92 Å². The Hall–Kier alpha value is -1.07. The zero-order valence-corrected chi connectivity index (χ0v) is 11.3. The van der Waals surface area contributed by atoms with E-state index in [4.69, 9.17) is 10.5 Å². The zero-order chi connectivity index (χ0) is 13.1. The molecule has 0 amide bonds. The van der Waals surface area contributed by atoms with Gasteiger partial charge in [-0.2, -0.15) is 0 Å². The van der Waals surface area contributed by atoms with Gasteiger partial charge in [-0.05, 0) is 50.6 Å². The molecule has 1 aromatic carbocycles. The van der Waals surface area contributed by atoms with E-state index in [2.05, 4.69) is 0 Å². The fourth-order valence-corrected chi connectivity index (χ4v) is 3.16. The molecule has 0 fully saturated rings. The molecule has 1 aromatic rings. The van der Waals surface area contributed by atoms with Gasteiger partial charge in [0, 0.05) is 0 Å². The molecular formula is C12H19NO3S. The Bertz CT molecular complexity index is 483. The Balaban J connectivity index is 3.12. The van der Waals surface area contributed by atoms with Crippen LogP contribution in [-0.4, -0.2) is 27.3 Å². The van der Waals surface area contributed by atoms with Crippen LogP contribution in [0.3, 0.4) is 0 Å². The first-order chi connectivity index (χ1) is 7.93. The first-order valence-corrected chi connectivity index (χ1v) is 7.06. The number of rotatable bonds is 5. The lowest BCUT2D eigenvalue weighted by Crippen LogP contribution is -2.21. The van der Waals surface area contributed by atoms with Crippen molar-refractivity contribution in [2.24, 2.45) is 5.73 Å². The minimum absolute atomic E-state index is 0.330. The fraction of sp³-hybridized carbons (Fsp3) is 0.500. The summed E-state index contributed by atoms with van der Waals surface area (Å²) in [5.41, 5.74) is 6.21. The largest absolute Gasteiger partial charge is 0.496 e. The van der Waals surface area contributed by atoms with Crippen molar-refractivity contribution >= 4 is 9.84 Å². The minimum atomic E-state index is -3.28. The number of hydrogen-bond acceptors (Lipinski definition) is 4. The van der Waals surface area contributed by atoms with E-state index >= 15 is 0 Å². The predicted octanol–water partition coefficient (Wildman–Crippen LogP) is 1.51. The molecule has 0 spiro atoms.